The van der Waals surface area contributed by atoms with Crippen molar-refractivity contribution in [3.05, 3.63) is 33.3 Å². The van der Waals surface area contributed by atoms with Crippen LogP contribution in [0.5, 0.6) is 0 Å². The van der Waals surface area contributed by atoms with E-state index in [1.165, 1.54) is 6.07 Å². The second-order valence-electron chi connectivity index (χ2n) is 4.89. The van der Waals surface area contributed by atoms with Crippen LogP contribution in [0, 0.1) is 16.0 Å². The highest BCUT2D eigenvalue weighted by molar-refractivity contribution is 7.89. The predicted molar refractivity (Wildman–Crippen MR) is 77.2 cm³/mol. The zero-order chi connectivity index (χ0) is 16.5. The Bertz CT molecular complexity index is 712. The van der Waals surface area contributed by atoms with Gasteiger partial charge in [0.25, 0.3) is 5.69 Å². The number of carboxylic acid groups (broad SMARTS) is 1. The average Bonchev–Trinajstić information content (AvgIpc) is 2.46. The number of rotatable bonds is 4. The minimum atomic E-state index is -4.06. The van der Waals surface area contributed by atoms with Crippen molar-refractivity contribution in [1.29, 1.82) is 0 Å². The number of piperidine rings is 1. The molecule has 0 saturated carbocycles. The number of benzene rings is 1. The minimum absolute atomic E-state index is 0.0130. The van der Waals surface area contributed by atoms with Crippen LogP contribution in [0.3, 0.4) is 0 Å². The third-order valence-electron chi connectivity index (χ3n) is 3.54. The van der Waals surface area contributed by atoms with E-state index in [-0.39, 0.29) is 31.0 Å². The predicted octanol–water partition coefficient (Wildman–Crippen LogP) is 1.73. The Morgan fingerprint density at radius 2 is 1.95 bits per heavy atom. The Kier molecular flexibility index (Phi) is 4.69. The molecule has 1 aliphatic heterocycles. The fraction of sp³-hybridized carbons (Fsp3) is 0.417. The first kappa shape index (κ1) is 16.7. The largest absolute Gasteiger partial charge is 0.481 e. The molecule has 0 spiro atoms. The number of carbonyl (C=O) groups is 1. The minimum Gasteiger partial charge on any atom is -0.481 e. The van der Waals surface area contributed by atoms with Crippen LogP contribution >= 0.6 is 11.6 Å². The molecule has 1 saturated heterocycles. The van der Waals surface area contributed by atoms with Crippen molar-refractivity contribution in [1.82, 2.24) is 4.31 Å². The second-order valence-corrected chi connectivity index (χ2v) is 7.23. The van der Waals surface area contributed by atoms with Crippen LogP contribution in [-0.4, -0.2) is 41.8 Å². The maximum Gasteiger partial charge on any atom is 0.306 e. The normalized spacial score (nSPS) is 17.3. The highest BCUT2D eigenvalue weighted by Crippen LogP contribution is 2.31. The fourth-order valence-electron chi connectivity index (χ4n) is 2.33. The molecule has 10 heteroatoms. The monoisotopic (exact) mass is 348 g/mol. The fourth-order valence-corrected chi connectivity index (χ4v) is 4.11. The van der Waals surface area contributed by atoms with Gasteiger partial charge in [-0.15, -0.1) is 0 Å². The summed E-state index contributed by atoms with van der Waals surface area (Å²) >= 11 is 5.67. The van der Waals surface area contributed by atoms with Crippen molar-refractivity contribution in [2.45, 2.75) is 17.7 Å². The van der Waals surface area contributed by atoms with Crippen LogP contribution < -0.4 is 0 Å². The molecule has 1 fully saturated rings. The summed E-state index contributed by atoms with van der Waals surface area (Å²) in [7, 11) is -4.06. The van der Waals surface area contributed by atoms with Gasteiger partial charge in [0.1, 0.15) is 0 Å². The Morgan fingerprint density at radius 1 is 1.36 bits per heavy atom. The number of nitro groups is 1. The van der Waals surface area contributed by atoms with Crippen LogP contribution in [-0.2, 0) is 14.8 Å². The van der Waals surface area contributed by atoms with Gasteiger partial charge in [-0.05, 0) is 25.0 Å². The Balaban J connectivity index is 2.32. The molecule has 1 aliphatic rings. The quantitative estimate of drug-likeness (QED) is 0.654. The Hall–Kier alpha value is -1.71. The molecule has 1 aromatic rings. The Morgan fingerprint density at radius 3 is 2.45 bits per heavy atom. The van der Waals surface area contributed by atoms with Gasteiger partial charge in [0.15, 0.2) is 4.90 Å². The summed E-state index contributed by atoms with van der Waals surface area (Å²) in [5.74, 6) is -1.55. The van der Waals surface area contributed by atoms with Crippen molar-refractivity contribution < 1.29 is 23.2 Å². The summed E-state index contributed by atoms with van der Waals surface area (Å²) in [6.45, 7) is 0.0260. The molecule has 8 nitrogen and oxygen atoms in total. The van der Waals surface area contributed by atoms with Gasteiger partial charge in [-0.25, -0.2) is 8.42 Å². The third-order valence-corrected chi connectivity index (χ3v) is 5.72. The first-order valence-electron chi connectivity index (χ1n) is 6.40. The van der Waals surface area contributed by atoms with Crippen LogP contribution in [0.4, 0.5) is 5.69 Å². The lowest BCUT2D eigenvalue weighted by Gasteiger charge is -2.29. The van der Waals surface area contributed by atoms with E-state index in [0.717, 1.165) is 16.4 Å². The molecule has 1 heterocycles. The highest BCUT2D eigenvalue weighted by Gasteiger charge is 2.35. The van der Waals surface area contributed by atoms with Gasteiger partial charge in [0, 0.05) is 24.2 Å². The first-order valence-corrected chi connectivity index (χ1v) is 8.22. The van der Waals surface area contributed by atoms with Gasteiger partial charge in [0.05, 0.1) is 10.8 Å². The van der Waals surface area contributed by atoms with Crippen molar-refractivity contribution in [3.8, 4) is 0 Å². The molecule has 0 aliphatic carbocycles. The SMILES string of the molecule is O=C(O)C1CCN(S(=O)(=O)c2ccc(Cl)cc2[N+](=O)[O-])CC1. The zero-order valence-electron chi connectivity index (χ0n) is 11.3. The topological polar surface area (TPSA) is 118 Å². The van der Waals surface area contributed by atoms with E-state index in [0.29, 0.717) is 0 Å². The lowest BCUT2D eigenvalue weighted by Crippen LogP contribution is -2.40. The number of aliphatic carboxylic acids is 1. The maximum atomic E-state index is 12.5. The number of carboxylic acids is 1. The molecule has 0 atom stereocenters. The van der Waals surface area contributed by atoms with Crippen LogP contribution in [0.2, 0.25) is 5.02 Å². The molecule has 1 aromatic carbocycles. The molecular weight excluding hydrogens is 336 g/mol. The van der Waals surface area contributed by atoms with E-state index >= 15 is 0 Å². The summed E-state index contributed by atoms with van der Waals surface area (Å²) in [4.78, 5) is 20.7. The van der Waals surface area contributed by atoms with Gasteiger partial charge in [-0.1, -0.05) is 11.6 Å². The Labute approximate surface area is 131 Å². The maximum absolute atomic E-state index is 12.5. The van der Waals surface area contributed by atoms with Gasteiger partial charge in [-0.3, -0.25) is 14.9 Å². The molecule has 0 radical (unpaired) electrons. The number of sulfonamides is 1. The van der Waals surface area contributed by atoms with E-state index in [2.05, 4.69) is 0 Å². The van der Waals surface area contributed by atoms with Crippen molar-refractivity contribution in [2.24, 2.45) is 5.92 Å². The third kappa shape index (κ3) is 3.21. The average molecular weight is 349 g/mol. The smallest absolute Gasteiger partial charge is 0.306 e. The molecular formula is C12H13ClN2O6S. The van der Waals surface area contributed by atoms with Gasteiger partial charge < -0.3 is 5.11 Å². The molecule has 0 bridgehead atoms. The number of hydrogen-bond donors (Lipinski definition) is 1. The van der Waals surface area contributed by atoms with E-state index in [4.69, 9.17) is 16.7 Å². The lowest BCUT2D eigenvalue weighted by atomic mass is 9.99. The summed E-state index contributed by atoms with van der Waals surface area (Å²) in [5.41, 5.74) is -0.590. The van der Waals surface area contributed by atoms with E-state index in [1.54, 1.807) is 0 Å². The number of nitro benzene ring substituents is 1. The number of halogens is 1. The van der Waals surface area contributed by atoms with E-state index in [1.807, 2.05) is 0 Å². The molecule has 0 amide bonds. The van der Waals surface area contributed by atoms with E-state index < -0.39 is 37.4 Å². The molecule has 120 valence electrons. The van der Waals surface area contributed by atoms with Crippen molar-refractivity contribution in [3.63, 3.8) is 0 Å². The number of hydrogen-bond acceptors (Lipinski definition) is 5. The summed E-state index contributed by atoms with van der Waals surface area (Å²) in [5, 5.41) is 20.0. The molecule has 22 heavy (non-hydrogen) atoms. The zero-order valence-corrected chi connectivity index (χ0v) is 12.9. The number of nitrogens with zero attached hydrogens (tertiary/aromatic N) is 2. The summed E-state index contributed by atoms with van der Waals surface area (Å²) in [6, 6.07) is 3.35. The van der Waals surface area contributed by atoms with Crippen molar-refractivity contribution >= 4 is 33.3 Å². The van der Waals surface area contributed by atoms with Gasteiger partial charge >= 0.3 is 5.97 Å². The lowest BCUT2D eigenvalue weighted by molar-refractivity contribution is -0.387. The standard InChI is InChI=1S/C12H13ClN2O6S/c13-9-1-2-11(10(7-9)15(18)19)22(20,21)14-5-3-8(4-6-14)12(16)17/h1-2,7-8H,3-6H2,(H,16,17). The molecule has 2 rings (SSSR count). The van der Waals surface area contributed by atoms with Crippen LogP contribution in [0.1, 0.15) is 12.8 Å². The molecule has 0 aromatic heterocycles. The summed E-state index contributed by atoms with van der Waals surface area (Å²) in [6.07, 6.45) is 0.353. The molecule has 1 N–H and O–H groups in total. The van der Waals surface area contributed by atoms with Crippen molar-refractivity contribution in [2.75, 3.05) is 13.1 Å². The van der Waals surface area contributed by atoms with Crippen LogP contribution in [0.25, 0.3) is 0 Å². The summed E-state index contributed by atoms with van der Waals surface area (Å²) < 4.78 is 26.1. The highest BCUT2D eigenvalue weighted by atomic mass is 35.5. The van der Waals surface area contributed by atoms with Gasteiger partial charge in [-0.2, -0.15) is 4.31 Å². The molecule has 0 unspecified atom stereocenters. The second kappa shape index (κ2) is 6.19. The first-order chi connectivity index (χ1) is 10.2. The van der Waals surface area contributed by atoms with Crippen LogP contribution in [0.15, 0.2) is 23.1 Å². The van der Waals surface area contributed by atoms with E-state index in [9.17, 15) is 23.3 Å². The van der Waals surface area contributed by atoms with Gasteiger partial charge in [0.2, 0.25) is 10.0 Å².